The largest absolute Gasteiger partial charge is 0.279 e. The fraction of sp³-hybridized carbons (Fsp3) is 0.0909. The number of non-ortho nitro benzene ring substituents is 1. The number of rotatable bonds is 5. The molecule has 4 rings (SSSR count). The van der Waals surface area contributed by atoms with E-state index in [0.29, 0.717) is 15.7 Å². The Hall–Kier alpha value is -3.00. The number of nitrogens with zero attached hydrogens (tertiary/aromatic N) is 3. The highest BCUT2D eigenvalue weighted by Crippen LogP contribution is 2.37. The van der Waals surface area contributed by atoms with Gasteiger partial charge in [0.2, 0.25) is 0 Å². The molecule has 9 heteroatoms. The monoisotopic (exact) mass is 471 g/mol. The first kappa shape index (κ1) is 21.2. The first-order chi connectivity index (χ1) is 14.8. The molecule has 0 aliphatic carbocycles. The summed E-state index contributed by atoms with van der Waals surface area (Å²) in [7, 11) is 0. The molecule has 0 N–H and O–H groups in total. The van der Waals surface area contributed by atoms with E-state index in [4.69, 9.17) is 23.2 Å². The lowest BCUT2D eigenvalue weighted by Crippen LogP contribution is -2.30. The van der Waals surface area contributed by atoms with Gasteiger partial charge in [0.05, 0.1) is 37.3 Å². The summed E-state index contributed by atoms with van der Waals surface area (Å²) >= 11 is 13.9. The van der Waals surface area contributed by atoms with Crippen LogP contribution in [-0.2, 0) is 6.54 Å². The molecule has 1 amide bonds. The van der Waals surface area contributed by atoms with Crippen molar-refractivity contribution in [2.45, 2.75) is 13.5 Å². The van der Waals surface area contributed by atoms with Crippen LogP contribution in [0.3, 0.4) is 0 Å². The van der Waals surface area contributed by atoms with E-state index < -0.39 is 10.8 Å². The minimum Gasteiger partial charge on any atom is -0.279 e. The standard InChI is InChI=1S/C22H15Cl2N3O3S/c1-13-7-9-18(24)20-19(13)25-22(31-20)26(12-14-5-3-2-4-6-14)21(28)16-11-15(27(29)30)8-10-17(16)23/h2-11H,12H2,1H3. The van der Waals surface area contributed by atoms with Crippen molar-refractivity contribution in [1.82, 2.24) is 4.98 Å². The molecular formula is C22H15Cl2N3O3S. The Balaban J connectivity index is 1.85. The lowest BCUT2D eigenvalue weighted by atomic mass is 10.1. The molecule has 4 aromatic rings. The van der Waals surface area contributed by atoms with Crippen LogP contribution < -0.4 is 4.90 Å². The number of carbonyl (C=O) groups is 1. The molecule has 156 valence electrons. The minimum absolute atomic E-state index is 0.0360. The third-order valence-corrected chi connectivity index (χ3v) is 6.60. The topological polar surface area (TPSA) is 76.3 Å². The zero-order valence-electron chi connectivity index (χ0n) is 16.2. The van der Waals surface area contributed by atoms with Gasteiger partial charge >= 0.3 is 0 Å². The van der Waals surface area contributed by atoms with Crippen molar-refractivity contribution in [3.8, 4) is 0 Å². The van der Waals surface area contributed by atoms with Crippen LogP contribution in [0.5, 0.6) is 0 Å². The molecular weight excluding hydrogens is 457 g/mol. The SMILES string of the molecule is Cc1ccc(Cl)c2sc(N(Cc3ccccc3)C(=O)c3cc([N+](=O)[O-])ccc3Cl)nc12. The number of benzene rings is 3. The average Bonchev–Trinajstić information content (AvgIpc) is 3.22. The number of aromatic nitrogens is 1. The summed E-state index contributed by atoms with van der Waals surface area (Å²) < 4.78 is 0.771. The lowest BCUT2D eigenvalue weighted by molar-refractivity contribution is -0.384. The molecule has 0 spiro atoms. The maximum Gasteiger partial charge on any atom is 0.270 e. The van der Waals surface area contributed by atoms with Crippen LogP contribution >= 0.6 is 34.5 Å². The summed E-state index contributed by atoms with van der Waals surface area (Å²) in [4.78, 5) is 30.3. The van der Waals surface area contributed by atoms with Crippen molar-refractivity contribution in [2.75, 3.05) is 4.90 Å². The Labute approximate surface area is 191 Å². The van der Waals surface area contributed by atoms with Crippen molar-refractivity contribution < 1.29 is 9.72 Å². The van der Waals surface area contributed by atoms with Gasteiger partial charge in [-0.3, -0.25) is 19.8 Å². The third kappa shape index (κ3) is 4.25. The van der Waals surface area contributed by atoms with E-state index in [1.54, 1.807) is 6.07 Å². The Morgan fingerprint density at radius 3 is 2.48 bits per heavy atom. The van der Waals surface area contributed by atoms with Gasteiger partial charge in [0.25, 0.3) is 11.6 Å². The first-order valence-corrected chi connectivity index (χ1v) is 10.8. The van der Waals surface area contributed by atoms with Gasteiger partial charge in [-0.25, -0.2) is 4.98 Å². The number of hydrogen-bond acceptors (Lipinski definition) is 5. The smallest absolute Gasteiger partial charge is 0.270 e. The average molecular weight is 472 g/mol. The molecule has 31 heavy (non-hydrogen) atoms. The van der Waals surface area contributed by atoms with Crippen LogP contribution in [0.1, 0.15) is 21.5 Å². The summed E-state index contributed by atoms with van der Waals surface area (Å²) in [6.45, 7) is 2.14. The lowest BCUT2D eigenvalue weighted by Gasteiger charge is -2.20. The second-order valence-corrected chi connectivity index (χ2v) is 8.63. The molecule has 0 unspecified atom stereocenters. The maximum atomic E-state index is 13.5. The number of amides is 1. The summed E-state index contributed by atoms with van der Waals surface area (Å²) in [5.74, 6) is -0.481. The van der Waals surface area contributed by atoms with Crippen LogP contribution in [0.2, 0.25) is 10.0 Å². The molecule has 0 saturated heterocycles. The van der Waals surface area contributed by atoms with Crippen LogP contribution in [0, 0.1) is 17.0 Å². The second-order valence-electron chi connectivity index (χ2n) is 6.84. The van der Waals surface area contributed by atoms with Gasteiger partial charge in [-0.05, 0) is 30.2 Å². The van der Waals surface area contributed by atoms with Crippen LogP contribution in [0.25, 0.3) is 10.2 Å². The Kier molecular flexibility index (Phi) is 5.91. The quantitative estimate of drug-likeness (QED) is 0.240. The number of nitro groups is 1. The van der Waals surface area contributed by atoms with Gasteiger partial charge in [-0.2, -0.15) is 0 Å². The van der Waals surface area contributed by atoms with Crippen molar-refractivity contribution >= 4 is 61.5 Å². The number of aryl methyl sites for hydroxylation is 1. The van der Waals surface area contributed by atoms with Crippen LogP contribution in [0.4, 0.5) is 10.8 Å². The predicted molar refractivity (Wildman–Crippen MR) is 124 cm³/mol. The Bertz CT molecular complexity index is 1270. The van der Waals surface area contributed by atoms with E-state index in [2.05, 4.69) is 4.98 Å². The van der Waals surface area contributed by atoms with E-state index >= 15 is 0 Å². The van der Waals surface area contributed by atoms with Gasteiger partial charge in [-0.1, -0.05) is 70.9 Å². The van der Waals surface area contributed by atoms with E-state index in [1.807, 2.05) is 43.3 Å². The summed E-state index contributed by atoms with van der Waals surface area (Å²) in [6, 6.07) is 16.9. The number of nitro benzene ring substituents is 1. The van der Waals surface area contributed by atoms with Crippen LogP contribution in [0.15, 0.2) is 60.7 Å². The summed E-state index contributed by atoms with van der Waals surface area (Å²) in [6.07, 6.45) is 0. The maximum absolute atomic E-state index is 13.5. The molecule has 6 nitrogen and oxygen atoms in total. The fourth-order valence-corrected chi connectivity index (χ4v) is 4.65. The van der Waals surface area contributed by atoms with Crippen molar-refractivity contribution in [3.63, 3.8) is 0 Å². The molecule has 1 aromatic heterocycles. The highest BCUT2D eigenvalue weighted by atomic mass is 35.5. The normalized spacial score (nSPS) is 10.9. The van der Waals surface area contributed by atoms with Crippen molar-refractivity contribution in [1.29, 1.82) is 0 Å². The number of fused-ring (bicyclic) bond motifs is 1. The van der Waals surface area contributed by atoms with Crippen molar-refractivity contribution in [2.24, 2.45) is 0 Å². The zero-order valence-corrected chi connectivity index (χ0v) is 18.5. The molecule has 0 radical (unpaired) electrons. The van der Waals surface area contributed by atoms with Crippen molar-refractivity contribution in [3.05, 3.63) is 97.5 Å². The molecule has 0 atom stereocenters. The van der Waals surface area contributed by atoms with Gasteiger partial charge in [-0.15, -0.1) is 0 Å². The van der Waals surface area contributed by atoms with Gasteiger partial charge in [0.1, 0.15) is 0 Å². The molecule has 0 aliphatic rings. The molecule has 0 saturated carbocycles. The van der Waals surface area contributed by atoms with Gasteiger partial charge in [0, 0.05) is 12.1 Å². The molecule has 3 aromatic carbocycles. The number of halogens is 2. The number of hydrogen-bond donors (Lipinski definition) is 0. The Morgan fingerprint density at radius 1 is 1.10 bits per heavy atom. The third-order valence-electron chi connectivity index (χ3n) is 4.74. The number of anilines is 1. The van der Waals surface area contributed by atoms with Gasteiger partial charge < -0.3 is 0 Å². The Morgan fingerprint density at radius 2 is 1.81 bits per heavy atom. The van der Waals surface area contributed by atoms with E-state index in [9.17, 15) is 14.9 Å². The number of carbonyl (C=O) groups excluding carboxylic acids is 1. The molecule has 0 fully saturated rings. The van der Waals surface area contributed by atoms with Gasteiger partial charge in [0.15, 0.2) is 5.13 Å². The highest BCUT2D eigenvalue weighted by molar-refractivity contribution is 7.23. The van der Waals surface area contributed by atoms with E-state index in [1.165, 1.54) is 34.4 Å². The molecule has 0 bridgehead atoms. The summed E-state index contributed by atoms with van der Waals surface area (Å²) in [5, 5.41) is 12.3. The summed E-state index contributed by atoms with van der Waals surface area (Å²) in [5.41, 5.74) is 2.34. The molecule has 1 heterocycles. The first-order valence-electron chi connectivity index (χ1n) is 9.20. The van der Waals surface area contributed by atoms with Crippen LogP contribution in [-0.4, -0.2) is 15.8 Å². The fourth-order valence-electron chi connectivity index (χ4n) is 3.13. The molecule has 0 aliphatic heterocycles. The number of thiazole rings is 1. The highest BCUT2D eigenvalue weighted by Gasteiger charge is 2.26. The zero-order chi connectivity index (χ0) is 22.1. The van der Waals surface area contributed by atoms with E-state index in [-0.39, 0.29) is 22.8 Å². The predicted octanol–water partition coefficient (Wildman–Crippen LogP) is 6.67. The minimum atomic E-state index is -0.560. The van der Waals surface area contributed by atoms with E-state index in [0.717, 1.165) is 15.8 Å². The second kappa shape index (κ2) is 8.63.